The first-order valence-electron chi connectivity index (χ1n) is 9.26. The molecular weight excluding hydrogens is 395 g/mol. The third-order valence-corrected chi connectivity index (χ3v) is 7.15. The van der Waals surface area contributed by atoms with E-state index in [1.54, 1.807) is 0 Å². The molecule has 28 heavy (non-hydrogen) atoms. The number of halogens is 3. The summed E-state index contributed by atoms with van der Waals surface area (Å²) in [5, 5.41) is 2.97. The number of carbonyl (C=O) groups is 1. The first kappa shape index (κ1) is 21.1. The number of rotatable bonds is 6. The van der Waals surface area contributed by atoms with Gasteiger partial charge in [0.25, 0.3) is 0 Å². The zero-order valence-corrected chi connectivity index (χ0v) is 16.4. The molecule has 0 bridgehead atoms. The molecule has 0 radical (unpaired) electrons. The molecule has 156 valence electrons. The summed E-state index contributed by atoms with van der Waals surface area (Å²) in [6, 6.07) is 3.67. The van der Waals surface area contributed by atoms with E-state index in [2.05, 4.69) is 5.32 Å². The first-order valence-corrected chi connectivity index (χ1v) is 10.7. The van der Waals surface area contributed by atoms with Crippen LogP contribution in [0.25, 0.3) is 0 Å². The zero-order chi connectivity index (χ0) is 20.5. The number of amides is 1. The Balaban J connectivity index is 1.53. The van der Waals surface area contributed by atoms with Crippen LogP contribution in [0.3, 0.4) is 0 Å². The summed E-state index contributed by atoms with van der Waals surface area (Å²) < 4.78 is 64.5. The van der Waals surface area contributed by atoms with Crippen LogP contribution in [-0.4, -0.2) is 62.3 Å². The molecule has 1 N–H and O–H groups in total. The average molecular weight is 419 g/mol. The van der Waals surface area contributed by atoms with Crippen molar-refractivity contribution in [3.05, 3.63) is 29.8 Å². The maximum absolute atomic E-state index is 12.7. The third kappa shape index (κ3) is 5.03. The summed E-state index contributed by atoms with van der Waals surface area (Å²) in [6.07, 6.45) is -2.23. The summed E-state index contributed by atoms with van der Waals surface area (Å²) in [7, 11) is -3.86. The van der Waals surface area contributed by atoms with Gasteiger partial charge in [-0.1, -0.05) is 0 Å². The third-order valence-electron chi connectivity index (χ3n) is 5.24. The highest BCUT2D eigenvalue weighted by Gasteiger charge is 2.33. The van der Waals surface area contributed by atoms with Crippen molar-refractivity contribution in [1.82, 2.24) is 14.5 Å². The molecular formula is C18H24F3N3O3S. The lowest BCUT2D eigenvalue weighted by Gasteiger charge is -2.33. The largest absolute Gasteiger partial charge is 0.416 e. The molecule has 0 spiro atoms. The summed E-state index contributed by atoms with van der Waals surface area (Å²) in [5.74, 6) is 0.494. The quantitative estimate of drug-likeness (QED) is 0.765. The Morgan fingerprint density at radius 2 is 1.71 bits per heavy atom. The van der Waals surface area contributed by atoms with Gasteiger partial charge >= 0.3 is 6.18 Å². The summed E-state index contributed by atoms with van der Waals surface area (Å²) in [5.41, 5.74) is -0.886. The van der Waals surface area contributed by atoms with E-state index in [9.17, 15) is 26.4 Å². The van der Waals surface area contributed by atoms with Crippen molar-refractivity contribution in [2.75, 3.05) is 32.7 Å². The molecule has 0 aromatic heterocycles. The fourth-order valence-electron chi connectivity index (χ4n) is 3.31. The highest BCUT2D eigenvalue weighted by atomic mass is 32.2. The molecule has 1 aromatic rings. The molecule has 1 heterocycles. The SMILES string of the molecule is C[C@@H](NC(=O)CN1CCN(S(=O)(=O)c2ccc(C(F)(F)F)cc2)CC1)C1CC1. The number of benzene rings is 1. The Morgan fingerprint density at radius 1 is 1.14 bits per heavy atom. The summed E-state index contributed by atoms with van der Waals surface area (Å²) in [4.78, 5) is 13.8. The van der Waals surface area contributed by atoms with Crippen molar-refractivity contribution < 1.29 is 26.4 Å². The van der Waals surface area contributed by atoms with Gasteiger partial charge in [-0.15, -0.1) is 0 Å². The van der Waals surface area contributed by atoms with Crippen molar-refractivity contribution in [3.8, 4) is 0 Å². The van der Waals surface area contributed by atoms with Crippen LogP contribution in [0.1, 0.15) is 25.3 Å². The Morgan fingerprint density at radius 3 is 2.21 bits per heavy atom. The highest BCUT2D eigenvalue weighted by molar-refractivity contribution is 7.89. The zero-order valence-electron chi connectivity index (χ0n) is 15.6. The molecule has 2 aliphatic rings. The Hall–Kier alpha value is -1.65. The second-order valence-electron chi connectivity index (χ2n) is 7.40. The minimum absolute atomic E-state index is 0.0709. The molecule has 1 aromatic carbocycles. The van der Waals surface area contributed by atoms with E-state index >= 15 is 0 Å². The number of nitrogens with one attached hydrogen (secondary N) is 1. The number of carbonyl (C=O) groups excluding carboxylic acids is 1. The highest BCUT2D eigenvalue weighted by Crippen LogP contribution is 2.32. The van der Waals surface area contributed by atoms with Crippen LogP contribution in [0.15, 0.2) is 29.2 Å². The van der Waals surface area contributed by atoms with Gasteiger partial charge in [0.2, 0.25) is 15.9 Å². The van der Waals surface area contributed by atoms with Gasteiger partial charge in [-0.2, -0.15) is 17.5 Å². The standard InChI is InChI=1S/C18H24F3N3O3S/c1-13(14-2-3-14)22-17(25)12-23-8-10-24(11-9-23)28(26,27)16-6-4-15(5-7-16)18(19,20)21/h4-7,13-14H,2-3,8-12H2,1H3,(H,22,25)/t13-/m1/s1. The van der Waals surface area contributed by atoms with Gasteiger partial charge in [0.1, 0.15) is 0 Å². The monoisotopic (exact) mass is 419 g/mol. The second kappa shape index (κ2) is 8.00. The molecule has 1 amide bonds. The molecule has 1 aliphatic carbocycles. The van der Waals surface area contributed by atoms with Gasteiger partial charge < -0.3 is 5.32 Å². The number of hydrogen-bond donors (Lipinski definition) is 1. The van der Waals surface area contributed by atoms with E-state index in [1.165, 1.54) is 4.31 Å². The molecule has 6 nitrogen and oxygen atoms in total. The Labute approximate surface area is 162 Å². The predicted octanol–water partition coefficient (Wildman–Crippen LogP) is 1.93. The van der Waals surface area contributed by atoms with E-state index in [1.807, 2.05) is 11.8 Å². The minimum atomic E-state index is -4.51. The van der Waals surface area contributed by atoms with E-state index in [-0.39, 0.29) is 36.5 Å². The molecule has 1 aliphatic heterocycles. The number of alkyl halides is 3. The van der Waals surface area contributed by atoms with Crippen molar-refractivity contribution >= 4 is 15.9 Å². The lowest BCUT2D eigenvalue weighted by molar-refractivity contribution is -0.137. The number of hydrogen-bond acceptors (Lipinski definition) is 4. The Kier molecular flexibility index (Phi) is 6.02. The topological polar surface area (TPSA) is 69.7 Å². The number of sulfonamides is 1. The van der Waals surface area contributed by atoms with Gasteiger partial charge in [0, 0.05) is 32.2 Å². The molecule has 10 heteroatoms. The predicted molar refractivity (Wildman–Crippen MR) is 97.0 cm³/mol. The van der Waals surface area contributed by atoms with Gasteiger partial charge in [-0.25, -0.2) is 8.42 Å². The summed E-state index contributed by atoms with van der Waals surface area (Å²) >= 11 is 0. The van der Waals surface area contributed by atoms with Gasteiger partial charge in [-0.05, 0) is 49.9 Å². The molecule has 3 rings (SSSR count). The molecule has 2 fully saturated rings. The number of nitrogens with zero attached hydrogens (tertiary/aromatic N) is 2. The molecule has 0 unspecified atom stereocenters. The fourth-order valence-corrected chi connectivity index (χ4v) is 4.73. The molecule has 1 saturated heterocycles. The lowest BCUT2D eigenvalue weighted by Crippen LogP contribution is -2.51. The van der Waals surface area contributed by atoms with Crippen molar-refractivity contribution in [3.63, 3.8) is 0 Å². The van der Waals surface area contributed by atoms with Crippen molar-refractivity contribution in [2.24, 2.45) is 5.92 Å². The molecule has 1 atom stereocenters. The van der Waals surface area contributed by atoms with Crippen molar-refractivity contribution in [1.29, 1.82) is 0 Å². The van der Waals surface area contributed by atoms with E-state index in [0.29, 0.717) is 19.0 Å². The smallest absolute Gasteiger partial charge is 0.352 e. The second-order valence-corrected chi connectivity index (χ2v) is 9.33. The Bertz CT molecular complexity index is 800. The maximum atomic E-state index is 12.7. The summed E-state index contributed by atoms with van der Waals surface area (Å²) in [6.45, 7) is 3.37. The minimum Gasteiger partial charge on any atom is -0.352 e. The van der Waals surface area contributed by atoms with E-state index < -0.39 is 21.8 Å². The van der Waals surface area contributed by atoms with Crippen LogP contribution < -0.4 is 5.32 Å². The van der Waals surface area contributed by atoms with Crippen LogP contribution in [-0.2, 0) is 21.0 Å². The van der Waals surface area contributed by atoms with E-state index in [4.69, 9.17) is 0 Å². The normalized spacial score (nSPS) is 20.7. The van der Waals surface area contributed by atoms with Crippen LogP contribution in [0.4, 0.5) is 13.2 Å². The average Bonchev–Trinajstić information content (AvgIpc) is 3.46. The van der Waals surface area contributed by atoms with Crippen LogP contribution >= 0.6 is 0 Å². The number of piperazine rings is 1. The first-order chi connectivity index (χ1) is 13.1. The van der Waals surface area contributed by atoms with Gasteiger partial charge in [-0.3, -0.25) is 9.69 Å². The van der Waals surface area contributed by atoms with Crippen LogP contribution in [0.2, 0.25) is 0 Å². The molecule has 1 saturated carbocycles. The van der Waals surface area contributed by atoms with Gasteiger partial charge in [0.05, 0.1) is 17.0 Å². The van der Waals surface area contributed by atoms with Gasteiger partial charge in [0.15, 0.2) is 0 Å². The maximum Gasteiger partial charge on any atom is 0.416 e. The van der Waals surface area contributed by atoms with E-state index in [0.717, 1.165) is 37.1 Å². The van der Waals surface area contributed by atoms with Crippen LogP contribution in [0.5, 0.6) is 0 Å². The lowest BCUT2D eigenvalue weighted by atomic mass is 10.2. The van der Waals surface area contributed by atoms with Crippen molar-refractivity contribution in [2.45, 2.75) is 36.9 Å². The fraction of sp³-hybridized carbons (Fsp3) is 0.611. The van der Waals surface area contributed by atoms with Crippen LogP contribution in [0, 0.1) is 5.92 Å².